The lowest BCUT2D eigenvalue weighted by molar-refractivity contribution is -0.134. The lowest BCUT2D eigenvalue weighted by Crippen LogP contribution is -2.45. The molecular weight excluding hydrogens is 498 g/mol. The van der Waals surface area contributed by atoms with Gasteiger partial charge in [0.15, 0.2) is 11.5 Å². The third-order valence-electron chi connectivity index (χ3n) is 8.12. The van der Waals surface area contributed by atoms with E-state index in [4.69, 9.17) is 18.9 Å². The average Bonchev–Trinajstić information content (AvgIpc) is 3.45. The summed E-state index contributed by atoms with van der Waals surface area (Å²) in [5.74, 6) is 1.96. The molecule has 2 aliphatic heterocycles. The lowest BCUT2D eigenvalue weighted by atomic mass is 9.93. The third kappa shape index (κ3) is 8.08. The lowest BCUT2D eigenvalue weighted by Gasteiger charge is -2.34. The molecule has 3 aliphatic rings. The van der Waals surface area contributed by atoms with Crippen molar-refractivity contribution in [2.45, 2.75) is 70.6 Å². The SMILES string of the molecule is COCCCOc1cc(C(=O)N(C[C@@H]2CNC[C@H]2CN(C(=O)C[C@H]2CCCO2)C2CC2)C(C)C)ccc1OC. The Hall–Kier alpha value is -2.36. The van der Waals surface area contributed by atoms with Crippen LogP contribution in [0.15, 0.2) is 18.2 Å². The fourth-order valence-corrected chi connectivity index (χ4v) is 5.68. The highest BCUT2D eigenvalue weighted by Gasteiger charge is 2.39. The molecule has 0 radical (unpaired) electrons. The van der Waals surface area contributed by atoms with E-state index < -0.39 is 0 Å². The van der Waals surface area contributed by atoms with Crippen molar-refractivity contribution in [3.63, 3.8) is 0 Å². The van der Waals surface area contributed by atoms with Gasteiger partial charge in [-0.1, -0.05) is 0 Å². The number of ether oxygens (including phenoxy) is 4. The van der Waals surface area contributed by atoms with Crippen molar-refractivity contribution in [3.05, 3.63) is 23.8 Å². The zero-order valence-electron chi connectivity index (χ0n) is 24.2. The summed E-state index contributed by atoms with van der Waals surface area (Å²) in [5, 5.41) is 3.53. The highest BCUT2D eigenvalue weighted by molar-refractivity contribution is 5.95. The Labute approximate surface area is 233 Å². The number of methoxy groups -OCH3 is 2. The standard InChI is InChI=1S/C30H47N3O6/c1-21(2)32(30(35)22-8-11-27(37-4)28(15-22)39-14-6-12-36-3)19-23-17-31-18-24(23)20-33(25-9-10-25)29(34)16-26-7-5-13-38-26/h8,11,15,21,23-26,31H,5-7,9-10,12-14,16-20H2,1-4H3/t23-,24-,26+/m0/s1. The predicted octanol–water partition coefficient (Wildman–Crippen LogP) is 3.36. The molecule has 0 bridgehead atoms. The monoisotopic (exact) mass is 545 g/mol. The number of rotatable bonds is 15. The minimum Gasteiger partial charge on any atom is -0.493 e. The Bertz CT molecular complexity index is 947. The first-order valence-corrected chi connectivity index (χ1v) is 14.6. The summed E-state index contributed by atoms with van der Waals surface area (Å²) < 4.78 is 22.2. The third-order valence-corrected chi connectivity index (χ3v) is 8.12. The molecule has 9 heteroatoms. The summed E-state index contributed by atoms with van der Waals surface area (Å²) in [6.45, 7) is 9.07. The topological polar surface area (TPSA) is 89.6 Å². The van der Waals surface area contributed by atoms with E-state index in [1.165, 1.54) is 0 Å². The molecule has 0 aromatic heterocycles. The van der Waals surface area contributed by atoms with Crippen LogP contribution in [0.4, 0.5) is 0 Å². The van der Waals surface area contributed by atoms with E-state index in [9.17, 15) is 9.59 Å². The first-order chi connectivity index (χ1) is 18.9. The van der Waals surface area contributed by atoms with Gasteiger partial charge in [-0.05, 0) is 69.6 Å². The fraction of sp³-hybridized carbons (Fsp3) is 0.733. The maximum Gasteiger partial charge on any atom is 0.254 e. The zero-order chi connectivity index (χ0) is 27.8. The Morgan fingerprint density at radius 3 is 2.46 bits per heavy atom. The van der Waals surface area contributed by atoms with Gasteiger partial charge in [-0.2, -0.15) is 0 Å². The van der Waals surface area contributed by atoms with Crippen LogP contribution in [0, 0.1) is 11.8 Å². The van der Waals surface area contributed by atoms with Crippen LogP contribution in [0.1, 0.15) is 62.7 Å². The van der Waals surface area contributed by atoms with Gasteiger partial charge in [0.05, 0.1) is 26.2 Å². The first-order valence-electron chi connectivity index (χ1n) is 14.6. The van der Waals surface area contributed by atoms with Gasteiger partial charge in [-0.15, -0.1) is 0 Å². The number of amides is 2. The van der Waals surface area contributed by atoms with Crippen molar-refractivity contribution in [2.24, 2.45) is 11.8 Å². The van der Waals surface area contributed by atoms with E-state index >= 15 is 0 Å². The Morgan fingerprint density at radius 1 is 1.05 bits per heavy atom. The second-order valence-corrected chi connectivity index (χ2v) is 11.4. The van der Waals surface area contributed by atoms with E-state index in [0.29, 0.717) is 55.2 Å². The van der Waals surface area contributed by atoms with Gasteiger partial charge in [0.2, 0.25) is 5.91 Å². The van der Waals surface area contributed by atoms with Gasteiger partial charge < -0.3 is 34.1 Å². The second kappa shape index (κ2) is 14.3. The molecule has 9 nitrogen and oxygen atoms in total. The quantitative estimate of drug-likeness (QED) is 0.338. The molecule has 2 heterocycles. The van der Waals surface area contributed by atoms with Gasteiger partial charge in [0.1, 0.15) is 0 Å². The molecule has 0 unspecified atom stereocenters. The first kappa shape index (κ1) is 29.6. The number of benzene rings is 1. The average molecular weight is 546 g/mol. The number of carbonyl (C=O) groups excluding carboxylic acids is 2. The molecule has 1 N–H and O–H groups in total. The number of hydrogen-bond donors (Lipinski definition) is 1. The van der Waals surface area contributed by atoms with Crippen LogP contribution in [0.2, 0.25) is 0 Å². The Balaban J connectivity index is 1.41. The van der Waals surface area contributed by atoms with Crippen LogP contribution in [-0.2, 0) is 14.3 Å². The normalized spacial score (nSPS) is 22.7. The smallest absolute Gasteiger partial charge is 0.254 e. The molecule has 4 rings (SSSR count). The van der Waals surface area contributed by atoms with Gasteiger partial charge in [0.25, 0.3) is 5.91 Å². The molecule has 1 aliphatic carbocycles. The summed E-state index contributed by atoms with van der Waals surface area (Å²) in [5.41, 5.74) is 0.583. The van der Waals surface area contributed by atoms with Crippen molar-refractivity contribution in [1.82, 2.24) is 15.1 Å². The summed E-state index contributed by atoms with van der Waals surface area (Å²) in [6.07, 6.45) is 5.52. The van der Waals surface area contributed by atoms with Gasteiger partial charge >= 0.3 is 0 Å². The number of nitrogens with zero attached hydrogens (tertiary/aromatic N) is 2. The van der Waals surface area contributed by atoms with Gasteiger partial charge in [-0.3, -0.25) is 9.59 Å². The van der Waals surface area contributed by atoms with Crippen LogP contribution in [0.5, 0.6) is 11.5 Å². The maximum atomic E-state index is 13.8. The number of hydrogen-bond acceptors (Lipinski definition) is 7. The van der Waals surface area contributed by atoms with E-state index in [-0.39, 0.29) is 29.9 Å². The van der Waals surface area contributed by atoms with Crippen LogP contribution in [-0.4, -0.2) is 100 Å². The molecule has 1 aromatic carbocycles. The highest BCUT2D eigenvalue weighted by Crippen LogP contribution is 2.33. The minimum atomic E-state index is -0.0199. The minimum absolute atomic E-state index is 0.0199. The molecule has 0 spiro atoms. The molecular formula is C30H47N3O6. The molecule has 3 fully saturated rings. The van der Waals surface area contributed by atoms with Crippen molar-refractivity contribution < 1.29 is 28.5 Å². The molecule has 2 saturated heterocycles. The summed E-state index contributed by atoms with van der Waals surface area (Å²) in [7, 11) is 3.26. The largest absolute Gasteiger partial charge is 0.493 e. The summed E-state index contributed by atoms with van der Waals surface area (Å²) in [4.78, 5) is 31.1. The van der Waals surface area contributed by atoms with Crippen LogP contribution in [0.25, 0.3) is 0 Å². The Morgan fingerprint density at radius 2 is 1.82 bits per heavy atom. The van der Waals surface area contributed by atoms with E-state index in [2.05, 4.69) is 24.1 Å². The van der Waals surface area contributed by atoms with Crippen molar-refractivity contribution in [1.29, 1.82) is 0 Å². The predicted molar refractivity (Wildman–Crippen MR) is 149 cm³/mol. The number of nitrogens with one attached hydrogen (secondary N) is 1. The van der Waals surface area contributed by atoms with Crippen molar-refractivity contribution >= 4 is 11.8 Å². The zero-order valence-corrected chi connectivity index (χ0v) is 24.2. The molecule has 1 aromatic rings. The van der Waals surface area contributed by atoms with E-state index in [1.54, 1.807) is 26.4 Å². The fourth-order valence-electron chi connectivity index (χ4n) is 5.68. The molecule has 1 saturated carbocycles. The van der Waals surface area contributed by atoms with Crippen molar-refractivity contribution in [2.75, 3.05) is 60.2 Å². The van der Waals surface area contributed by atoms with Crippen molar-refractivity contribution in [3.8, 4) is 11.5 Å². The molecule has 39 heavy (non-hydrogen) atoms. The summed E-state index contributed by atoms with van der Waals surface area (Å²) >= 11 is 0. The van der Waals surface area contributed by atoms with Crippen LogP contribution < -0.4 is 14.8 Å². The summed E-state index contributed by atoms with van der Waals surface area (Å²) in [6, 6.07) is 5.79. The van der Waals surface area contributed by atoms with Gasteiger partial charge in [0, 0.05) is 70.6 Å². The second-order valence-electron chi connectivity index (χ2n) is 11.4. The molecule has 218 valence electrons. The van der Waals surface area contributed by atoms with E-state index in [1.807, 2.05) is 11.0 Å². The molecule has 2 amide bonds. The maximum absolute atomic E-state index is 13.8. The van der Waals surface area contributed by atoms with E-state index in [0.717, 1.165) is 58.3 Å². The molecule has 3 atom stereocenters. The van der Waals surface area contributed by atoms with Crippen LogP contribution in [0.3, 0.4) is 0 Å². The Kier molecular flexibility index (Phi) is 10.9. The highest BCUT2D eigenvalue weighted by atomic mass is 16.5. The van der Waals surface area contributed by atoms with Gasteiger partial charge in [-0.25, -0.2) is 0 Å². The van der Waals surface area contributed by atoms with Crippen LogP contribution >= 0.6 is 0 Å². The number of carbonyl (C=O) groups is 2.